The molecule has 4 N–H and O–H groups in total. The molecular weight excluding hydrogens is 336 g/mol. The molecule has 0 unspecified atom stereocenters. The fourth-order valence-electron chi connectivity index (χ4n) is 2.36. The number of furan rings is 1. The fraction of sp³-hybridized carbons (Fsp3) is 0.333. The number of ether oxygens (including phenoxy) is 2. The number of carbonyl (C=O) groups is 1. The number of carbonyl (C=O) groups excluding carboxylic acids is 1. The number of benzene rings is 1. The van der Waals surface area contributed by atoms with Crippen molar-refractivity contribution in [2.24, 2.45) is 10.7 Å². The molecule has 0 bridgehead atoms. The number of aliphatic imine (C=N–C) groups is 1. The molecule has 2 aromatic rings. The van der Waals surface area contributed by atoms with E-state index in [1.807, 2.05) is 18.2 Å². The van der Waals surface area contributed by atoms with E-state index in [4.69, 9.17) is 19.6 Å². The Balaban J connectivity index is 1.82. The molecule has 0 aliphatic carbocycles. The lowest BCUT2D eigenvalue weighted by atomic mass is 10.1. The van der Waals surface area contributed by atoms with Crippen molar-refractivity contribution < 1.29 is 18.7 Å². The molecule has 1 heterocycles. The highest BCUT2D eigenvalue weighted by Crippen LogP contribution is 2.27. The van der Waals surface area contributed by atoms with Crippen molar-refractivity contribution in [3.05, 3.63) is 47.4 Å². The van der Waals surface area contributed by atoms with Gasteiger partial charge in [0.05, 0.1) is 20.8 Å². The van der Waals surface area contributed by atoms with Gasteiger partial charge in [-0.15, -0.1) is 0 Å². The number of nitrogens with two attached hydrogens (primary N) is 1. The third-order valence-electron chi connectivity index (χ3n) is 3.71. The van der Waals surface area contributed by atoms with Crippen molar-refractivity contribution in [2.45, 2.75) is 13.0 Å². The number of hydrogen-bond donors (Lipinski definition) is 3. The lowest BCUT2D eigenvalue weighted by molar-refractivity contribution is 0.0972. The fourth-order valence-corrected chi connectivity index (χ4v) is 2.36. The molecule has 0 spiro atoms. The van der Waals surface area contributed by atoms with Crippen molar-refractivity contribution >= 4 is 11.9 Å². The molecule has 0 aliphatic rings. The van der Waals surface area contributed by atoms with Crippen LogP contribution in [-0.4, -0.2) is 39.7 Å². The molecule has 140 valence electrons. The molecule has 8 nitrogen and oxygen atoms in total. The van der Waals surface area contributed by atoms with Gasteiger partial charge < -0.3 is 30.3 Å². The summed E-state index contributed by atoms with van der Waals surface area (Å²) < 4.78 is 15.9. The van der Waals surface area contributed by atoms with Crippen molar-refractivity contribution in [3.8, 4) is 11.5 Å². The van der Waals surface area contributed by atoms with E-state index in [0.717, 1.165) is 12.0 Å². The maximum Gasteiger partial charge on any atom is 0.284 e. The summed E-state index contributed by atoms with van der Waals surface area (Å²) in [6.07, 6.45) is 0.785. The maximum absolute atomic E-state index is 11.0. The molecule has 0 aliphatic heterocycles. The number of primary amides is 1. The van der Waals surface area contributed by atoms with Gasteiger partial charge in [-0.1, -0.05) is 6.07 Å². The van der Waals surface area contributed by atoms with Crippen LogP contribution in [-0.2, 0) is 13.0 Å². The predicted octanol–water partition coefficient (Wildman–Crippen LogP) is 1.30. The minimum Gasteiger partial charge on any atom is -0.493 e. The van der Waals surface area contributed by atoms with Gasteiger partial charge >= 0.3 is 0 Å². The van der Waals surface area contributed by atoms with Gasteiger partial charge in [0.2, 0.25) is 0 Å². The molecule has 8 heteroatoms. The Morgan fingerprint density at radius 2 is 1.92 bits per heavy atom. The van der Waals surface area contributed by atoms with Crippen LogP contribution >= 0.6 is 0 Å². The maximum atomic E-state index is 11.0. The monoisotopic (exact) mass is 360 g/mol. The first kappa shape index (κ1) is 19.2. The van der Waals surface area contributed by atoms with E-state index >= 15 is 0 Å². The van der Waals surface area contributed by atoms with Gasteiger partial charge in [0.1, 0.15) is 5.76 Å². The summed E-state index contributed by atoms with van der Waals surface area (Å²) in [5, 5.41) is 6.33. The first-order valence-corrected chi connectivity index (χ1v) is 8.11. The third-order valence-corrected chi connectivity index (χ3v) is 3.71. The molecule has 0 fully saturated rings. The van der Waals surface area contributed by atoms with Crippen LogP contribution in [0.3, 0.4) is 0 Å². The molecule has 1 aromatic carbocycles. The van der Waals surface area contributed by atoms with Crippen molar-refractivity contribution in [3.63, 3.8) is 0 Å². The van der Waals surface area contributed by atoms with Crippen LogP contribution in [0.2, 0.25) is 0 Å². The second kappa shape index (κ2) is 9.36. The first-order valence-electron chi connectivity index (χ1n) is 8.11. The number of methoxy groups -OCH3 is 2. The Bertz CT molecular complexity index is 770. The van der Waals surface area contributed by atoms with Crippen LogP contribution in [0, 0.1) is 0 Å². The quantitative estimate of drug-likeness (QED) is 0.483. The number of nitrogens with one attached hydrogen (secondary N) is 2. The smallest absolute Gasteiger partial charge is 0.284 e. The summed E-state index contributed by atoms with van der Waals surface area (Å²) in [4.78, 5) is 15.2. The van der Waals surface area contributed by atoms with Gasteiger partial charge in [-0.25, -0.2) is 0 Å². The average molecular weight is 360 g/mol. The second-order valence-electron chi connectivity index (χ2n) is 5.42. The molecule has 1 aromatic heterocycles. The molecule has 0 atom stereocenters. The Hall–Kier alpha value is -3.16. The third kappa shape index (κ3) is 5.17. The van der Waals surface area contributed by atoms with Gasteiger partial charge in [0.25, 0.3) is 5.91 Å². The standard InChI is InChI=1S/C18H24N4O4/c1-20-18(22-11-13-5-7-15(26-13)17(19)23)21-9-8-12-4-6-14(24-2)16(10-12)25-3/h4-7,10H,8-9,11H2,1-3H3,(H2,19,23)(H2,20,21,22). The van der Waals surface area contributed by atoms with Gasteiger partial charge in [-0.3, -0.25) is 9.79 Å². The van der Waals surface area contributed by atoms with E-state index in [-0.39, 0.29) is 5.76 Å². The Labute approximate surface area is 152 Å². The number of amides is 1. The molecule has 2 rings (SSSR count). The van der Waals surface area contributed by atoms with E-state index in [0.29, 0.717) is 36.3 Å². The summed E-state index contributed by atoms with van der Waals surface area (Å²) in [6, 6.07) is 9.07. The Morgan fingerprint density at radius 1 is 1.15 bits per heavy atom. The lowest BCUT2D eigenvalue weighted by Gasteiger charge is -2.12. The van der Waals surface area contributed by atoms with Crippen LogP contribution < -0.4 is 25.8 Å². The minimum atomic E-state index is -0.589. The van der Waals surface area contributed by atoms with Crippen LogP contribution in [0.15, 0.2) is 39.7 Å². The zero-order chi connectivity index (χ0) is 18.9. The second-order valence-corrected chi connectivity index (χ2v) is 5.42. The number of hydrogen-bond acceptors (Lipinski definition) is 5. The van der Waals surface area contributed by atoms with Crippen molar-refractivity contribution in [1.82, 2.24) is 10.6 Å². The topological polar surface area (TPSA) is 111 Å². The highest BCUT2D eigenvalue weighted by atomic mass is 16.5. The summed E-state index contributed by atoms with van der Waals surface area (Å²) in [6.45, 7) is 1.07. The van der Waals surface area contributed by atoms with E-state index in [2.05, 4.69) is 15.6 Å². The lowest BCUT2D eigenvalue weighted by Crippen LogP contribution is -2.37. The van der Waals surface area contributed by atoms with Crippen LogP contribution in [0.5, 0.6) is 11.5 Å². The van der Waals surface area contributed by atoms with Gasteiger partial charge in [0.15, 0.2) is 23.2 Å². The normalized spacial score (nSPS) is 11.1. The Kier molecular flexibility index (Phi) is 6.90. The zero-order valence-electron chi connectivity index (χ0n) is 15.2. The van der Waals surface area contributed by atoms with E-state index in [9.17, 15) is 4.79 Å². The van der Waals surface area contributed by atoms with E-state index in [1.165, 1.54) is 0 Å². The number of guanidine groups is 1. The van der Waals surface area contributed by atoms with Crippen LogP contribution in [0.4, 0.5) is 0 Å². The molecule has 1 amide bonds. The highest BCUT2D eigenvalue weighted by molar-refractivity contribution is 5.89. The van der Waals surface area contributed by atoms with Gasteiger partial charge in [0, 0.05) is 13.6 Å². The number of nitrogens with zero attached hydrogens (tertiary/aromatic N) is 1. The molecule has 0 saturated carbocycles. The van der Waals surface area contributed by atoms with E-state index < -0.39 is 5.91 Å². The zero-order valence-corrected chi connectivity index (χ0v) is 15.2. The predicted molar refractivity (Wildman–Crippen MR) is 98.7 cm³/mol. The molecule has 26 heavy (non-hydrogen) atoms. The summed E-state index contributed by atoms with van der Waals surface area (Å²) in [7, 11) is 4.91. The van der Waals surface area contributed by atoms with Gasteiger partial charge in [-0.05, 0) is 36.2 Å². The summed E-state index contributed by atoms with van der Waals surface area (Å²) in [5.74, 6) is 2.18. The van der Waals surface area contributed by atoms with Crippen molar-refractivity contribution in [1.29, 1.82) is 0 Å². The molecule has 0 saturated heterocycles. The SMILES string of the molecule is CN=C(NCCc1ccc(OC)c(OC)c1)NCc1ccc(C(N)=O)o1. The van der Waals surface area contributed by atoms with Gasteiger partial charge in [-0.2, -0.15) is 0 Å². The van der Waals surface area contributed by atoms with Crippen LogP contribution in [0.25, 0.3) is 0 Å². The first-order chi connectivity index (χ1) is 12.6. The number of rotatable bonds is 8. The molecule has 0 radical (unpaired) electrons. The van der Waals surface area contributed by atoms with E-state index in [1.54, 1.807) is 33.4 Å². The Morgan fingerprint density at radius 3 is 2.54 bits per heavy atom. The summed E-state index contributed by atoms with van der Waals surface area (Å²) >= 11 is 0. The molecular formula is C18H24N4O4. The largest absolute Gasteiger partial charge is 0.493 e. The van der Waals surface area contributed by atoms with Crippen LogP contribution in [0.1, 0.15) is 21.9 Å². The highest BCUT2D eigenvalue weighted by Gasteiger charge is 2.08. The minimum absolute atomic E-state index is 0.137. The van der Waals surface area contributed by atoms with Crippen molar-refractivity contribution in [2.75, 3.05) is 27.8 Å². The average Bonchev–Trinajstić information content (AvgIpc) is 3.13. The summed E-state index contributed by atoms with van der Waals surface area (Å²) in [5.41, 5.74) is 6.28.